The monoisotopic (exact) mass is 425 g/mol. The number of rotatable bonds is 6. The lowest BCUT2D eigenvalue weighted by molar-refractivity contribution is -0.117. The number of aryl methyl sites for hydroxylation is 1. The molecule has 0 unspecified atom stereocenters. The summed E-state index contributed by atoms with van der Waals surface area (Å²) in [6.45, 7) is 0. The van der Waals surface area contributed by atoms with Crippen molar-refractivity contribution in [3.63, 3.8) is 0 Å². The molecule has 3 heterocycles. The van der Waals surface area contributed by atoms with Gasteiger partial charge in [-0.25, -0.2) is 13.9 Å². The third-order valence-electron chi connectivity index (χ3n) is 5.21. The maximum atomic E-state index is 13.3. The Balaban J connectivity index is 1.42. The number of imidazole rings is 1. The van der Waals surface area contributed by atoms with Crippen molar-refractivity contribution in [2.75, 3.05) is 0 Å². The van der Waals surface area contributed by atoms with Gasteiger partial charge < -0.3 is 0 Å². The van der Waals surface area contributed by atoms with Crippen LogP contribution in [0.15, 0.2) is 79.1 Å². The van der Waals surface area contributed by atoms with E-state index in [1.54, 1.807) is 27.5 Å². The molecule has 0 aliphatic rings. The third-order valence-corrected chi connectivity index (χ3v) is 5.21. The van der Waals surface area contributed by atoms with Crippen LogP contribution in [0, 0.1) is 5.82 Å². The van der Waals surface area contributed by atoms with Gasteiger partial charge in [0.1, 0.15) is 17.3 Å². The van der Waals surface area contributed by atoms with Gasteiger partial charge >= 0.3 is 0 Å². The highest BCUT2D eigenvalue weighted by molar-refractivity contribution is 5.83. The van der Waals surface area contributed by atoms with Crippen LogP contribution in [0.3, 0.4) is 0 Å². The number of ketones is 1. The van der Waals surface area contributed by atoms with E-state index in [9.17, 15) is 9.18 Å². The Labute approximate surface area is 184 Å². The van der Waals surface area contributed by atoms with Crippen molar-refractivity contribution < 1.29 is 9.18 Å². The summed E-state index contributed by atoms with van der Waals surface area (Å²) in [6, 6.07) is 19.7. The molecule has 0 aliphatic carbocycles. The normalized spacial score (nSPS) is 11.2. The van der Waals surface area contributed by atoms with Crippen LogP contribution < -0.4 is 0 Å². The minimum atomic E-state index is -0.293. The van der Waals surface area contributed by atoms with Crippen LogP contribution in [-0.2, 0) is 24.7 Å². The molecule has 0 fully saturated rings. The molecule has 0 radical (unpaired) electrons. The SMILES string of the molecule is Cn1cc(-c2ccc3nc(CC(=O)Cc4ccccc4)cn3n2)c(-c2ccc(F)cc2)n1. The molecule has 32 heavy (non-hydrogen) atoms. The van der Waals surface area contributed by atoms with E-state index in [1.165, 1.54) is 12.1 Å². The van der Waals surface area contributed by atoms with Gasteiger partial charge in [-0.15, -0.1) is 0 Å². The maximum Gasteiger partial charge on any atom is 0.153 e. The molecule has 3 aromatic heterocycles. The van der Waals surface area contributed by atoms with Crippen LogP contribution in [0.25, 0.3) is 28.2 Å². The molecule has 0 aliphatic heterocycles. The summed E-state index contributed by atoms with van der Waals surface area (Å²) in [7, 11) is 1.84. The highest BCUT2D eigenvalue weighted by atomic mass is 19.1. The largest absolute Gasteiger partial charge is 0.299 e. The van der Waals surface area contributed by atoms with Gasteiger partial charge in [0, 0.05) is 30.8 Å². The standard InChI is InChI=1S/C25H20FN5O/c1-30-16-22(25(29-30)18-7-9-19(26)10-8-18)23-11-12-24-27-20(15-31(24)28-23)14-21(32)13-17-5-3-2-4-6-17/h2-12,15-16H,13-14H2,1H3. The lowest BCUT2D eigenvalue weighted by Crippen LogP contribution is -2.06. The molecule has 5 rings (SSSR count). The highest BCUT2D eigenvalue weighted by Crippen LogP contribution is 2.30. The number of carbonyl (C=O) groups excluding carboxylic acids is 1. The topological polar surface area (TPSA) is 65.1 Å². The molecule has 0 N–H and O–H groups in total. The number of Topliss-reactive ketones (excluding diaryl/α,β-unsaturated/α-hetero) is 1. The Kier molecular flexibility index (Phi) is 5.07. The fourth-order valence-corrected chi connectivity index (χ4v) is 3.74. The first-order valence-electron chi connectivity index (χ1n) is 10.3. The Morgan fingerprint density at radius 3 is 2.47 bits per heavy atom. The van der Waals surface area contributed by atoms with E-state index in [0.717, 1.165) is 22.4 Å². The molecule has 6 nitrogen and oxygen atoms in total. The van der Waals surface area contributed by atoms with Gasteiger partial charge in [0.2, 0.25) is 0 Å². The van der Waals surface area contributed by atoms with Crippen molar-refractivity contribution in [2.45, 2.75) is 12.8 Å². The molecule has 0 bridgehead atoms. The predicted molar refractivity (Wildman–Crippen MR) is 119 cm³/mol. The van der Waals surface area contributed by atoms with Crippen LogP contribution in [0.2, 0.25) is 0 Å². The molecule has 158 valence electrons. The van der Waals surface area contributed by atoms with Gasteiger partial charge in [-0.3, -0.25) is 9.48 Å². The van der Waals surface area contributed by atoms with Gasteiger partial charge in [0.15, 0.2) is 5.65 Å². The molecule has 5 aromatic rings. The minimum Gasteiger partial charge on any atom is -0.299 e. The lowest BCUT2D eigenvalue weighted by Gasteiger charge is -2.03. The Morgan fingerprint density at radius 2 is 1.69 bits per heavy atom. The average molecular weight is 425 g/mol. The van der Waals surface area contributed by atoms with Crippen LogP contribution in [0.1, 0.15) is 11.3 Å². The summed E-state index contributed by atoms with van der Waals surface area (Å²) in [6.07, 6.45) is 4.30. The second-order valence-corrected chi connectivity index (χ2v) is 7.70. The quantitative estimate of drug-likeness (QED) is 0.407. The molecule has 0 saturated carbocycles. The molecule has 0 spiro atoms. The van der Waals surface area contributed by atoms with Crippen molar-refractivity contribution in [1.29, 1.82) is 0 Å². The summed E-state index contributed by atoms with van der Waals surface area (Å²) < 4.78 is 16.7. The van der Waals surface area contributed by atoms with Gasteiger partial charge in [0.25, 0.3) is 0 Å². The lowest BCUT2D eigenvalue weighted by atomic mass is 10.1. The number of benzene rings is 2. The van der Waals surface area contributed by atoms with Crippen molar-refractivity contribution in [1.82, 2.24) is 24.4 Å². The maximum absolute atomic E-state index is 13.3. The van der Waals surface area contributed by atoms with Gasteiger partial charge in [-0.2, -0.15) is 10.2 Å². The van der Waals surface area contributed by atoms with Crippen LogP contribution in [0.4, 0.5) is 4.39 Å². The number of carbonyl (C=O) groups is 1. The summed E-state index contributed by atoms with van der Waals surface area (Å²) >= 11 is 0. The summed E-state index contributed by atoms with van der Waals surface area (Å²) in [5.41, 5.74) is 5.41. The average Bonchev–Trinajstić information content (AvgIpc) is 3.37. The van der Waals surface area contributed by atoms with Crippen molar-refractivity contribution in [2.24, 2.45) is 7.05 Å². The number of halogens is 1. The van der Waals surface area contributed by atoms with Gasteiger partial charge in [0.05, 0.1) is 24.0 Å². The molecule has 0 atom stereocenters. The van der Waals surface area contributed by atoms with Crippen molar-refractivity contribution in [3.05, 3.63) is 96.2 Å². The third kappa shape index (κ3) is 4.05. The van der Waals surface area contributed by atoms with Gasteiger partial charge in [-0.05, 0) is 42.0 Å². The van der Waals surface area contributed by atoms with E-state index in [2.05, 4.69) is 15.2 Å². The van der Waals surface area contributed by atoms with E-state index in [1.807, 2.05) is 55.7 Å². The number of hydrogen-bond donors (Lipinski definition) is 0. The molecule has 0 amide bonds. The highest BCUT2D eigenvalue weighted by Gasteiger charge is 2.15. The number of nitrogens with zero attached hydrogens (tertiary/aromatic N) is 5. The molecule has 7 heteroatoms. The van der Waals surface area contributed by atoms with E-state index < -0.39 is 0 Å². The zero-order valence-corrected chi connectivity index (χ0v) is 17.4. The summed E-state index contributed by atoms with van der Waals surface area (Å²) in [5, 5.41) is 9.23. The summed E-state index contributed by atoms with van der Waals surface area (Å²) in [4.78, 5) is 17.0. The molecule has 0 saturated heterocycles. The first-order chi connectivity index (χ1) is 15.5. The molecular formula is C25H20FN5O. The zero-order valence-electron chi connectivity index (χ0n) is 17.4. The first-order valence-corrected chi connectivity index (χ1v) is 10.3. The second-order valence-electron chi connectivity index (χ2n) is 7.70. The Morgan fingerprint density at radius 1 is 0.906 bits per heavy atom. The van der Waals surface area contributed by atoms with Crippen LogP contribution in [-0.4, -0.2) is 30.2 Å². The number of aromatic nitrogens is 5. The fourth-order valence-electron chi connectivity index (χ4n) is 3.74. The Bertz CT molecular complexity index is 1400. The molecule has 2 aromatic carbocycles. The van der Waals surface area contributed by atoms with Crippen molar-refractivity contribution in [3.8, 4) is 22.5 Å². The first kappa shape index (κ1) is 19.8. The smallest absolute Gasteiger partial charge is 0.153 e. The van der Waals surface area contributed by atoms with E-state index in [0.29, 0.717) is 23.5 Å². The zero-order chi connectivity index (χ0) is 22.1. The molecular weight excluding hydrogens is 405 g/mol. The van der Waals surface area contributed by atoms with Gasteiger partial charge in [-0.1, -0.05) is 30.3 Å². The van der Waals surface area contributed by atoms with E-state index in [4.69, 9.17) is 0 Å². The van der Waals surface area contributed by atoms with E-state index >= 15 is 0 Å². The minimum absolute atomic E-state index is 0.102. The summed E-state index contributed by atoms with van der Waals surface area (Å²) in [5.74, 6) is -0.191. The number of hydrogen-bond acceptors (Lipinski definition) is 4. The van der Waals surface area contributed by atoms with E-state index in [-0.39, 0.29) is 18.0 Å². The number of fused-ring (bicyclic) bond motifs is 1. The van der Waals surface area contributed by atoms with Crippen molar-refractivity contribution >= 4 is 11.4 Å². The van der Waals surface area contributed by atoms with Crippen LogP contribution in [0.5, 0.6) is 0 Å². The Hall–Kier alpha value is -4.13. The van der Waals surface area contributed by atoms with Crippen LogP contribution >= 0.6 is 0 Å². The second kappa shape index (κ2) is 8.19. The predicted octanol–water partition coefficient (Wildman–Crippen LogP) is 4.29. The fraction of sp³-hybridized carbons (Fsp3) is 0.120.